The number of sulfonamides is 1. The maximum Gasteiger partial charge on any atom is 0.325 e. The van der Waals surface area contributed by atoms with E-state index in [-0.39, 0.29) is 9.77 Å². The number of hydrogen-bond acceptors (Lipinski definition) is 5. The van der Waals surface area contributed by atoms with Crippen LogP contribution in [0.1, 0.15) is 17.3 Å². The van der Waals surface area contributed by atoms with E-state index in [1.165, 1.54) is 12.3 Å². The van der Waals surface area contributed by atoms with E-state index in [4.69, 9.17) is 10.2 Å². The van der Waals surface area contributed by atoms with Crippen molar-refractivity contribution in [3.63, 3.8) is 0 Å². The molecule has 0 aliphatic heterocycles. The third-order valence-electron chi connectivity index (χ3n) is 1.84. The van der Waals surface area contributed by atoms with E-state index in [2.05, 4.69) is 5.32 Å². The summed E-state index contributed by atoms with van der Waals surface area (Å²) in [5, 5.41) is 16.9. The van der Waals surface area contributed by atoms with Gasteiger partial charge in [-0.25, -0.2) is 13.6 Å². The van der Waals surface area contributed by atoms with E-state index in [9.17, 15) is 18.0 Å². The fourth-order valence-electron chi connectivity index (χ4n) is 0.927. The molecule has 0 aromatic carbocycles. The first kappa shape index (κ1) is 13.6. The zero-order valence-corrected chi connectivity index (χ0v) is 10.3. The zero-order valence-electron chi connectivity index (χ0n) is 8.71. The van der Waals surface area contributed by atoms with E-state index in [1.54, 1.807) is 0 Å². The van der Waals surface area contributed by atoms with Gasteiger partial charge in [0.15, 0.2) is 0 Å². The van der Waals surface area contributed by atoms with Crippen LogP contribution in [0.15, 0.2) is 15.7 Å². The van der Waals surface area contributed by atoms with Crippen molar-refractivity contribution in [2.24, 2.45) is 5.14 Å². The summed E-state index contributed by atoms with van der Waals surface area (Å²) in [5.41, 5.74) is 0.0622. The molecule has 1 amide bonds. The maximum atomic E-state index is 11.5. The highest BCUT2D eigenvalue weighted by Crippen LogP contribution is 2.18. The quantitative estimate of drug-likeness (QED) is 0.690. The number of primary sulfonamides is 1. The van der Waals surface area contributed by atoms with E-state index < -0.39 is 27.9 Å². The van der Waals surface area contributed by atoms with E-state index in [0.717, 1.165) is 17.4 Å². The zero-order chi connectivity index (χ0) is 13.2. The van der Waals surface area contributed by atoms with Gasteiger partial charge >= 0.3 is 5.97 Å². The van der Waals surface area contributed by atoms with E-state index >= 15 is 0 Å². The third kappa shape index (κ3) is 3.51. The Morgan fingerprint density at radius 1 is 1.53 bits per heavy atom. The molecule has 0 radical (unpaired) electrons. The van der Waals surface area contributed by atoms with Gasteiger partial charge in [0.2, 0.25) is 10.0 Å². The fourth-order valence-corrected chi connectivity index (χ4v) is 2.51. The topological polar surface area (TPSA) is 127 Å². The summed E-state index contributed by atoms with van der Waals surface area (Å²) >= 11 is 0.799. The molecule has 0 aliphatic carbocycles. The number of aliphatic carboxylic acids is 1. The molecular weight excluding hydrogens is 268 g/mol. The Hall–Kier alpha value is -1.45. The molecule has 0 saturated heterocycles. The van der Waals surface area contributed by atoms with Crippen LogP contribution in [-0.4, -0.2) is 31.4 Å². The Morgan fingerprint density at radius 2 is 2.12 bits per heavy atom. The van der Waals surface area contributed by atoms with Crippen LogP contribution in [0.3, 0.4) is 0 Å². The molecule has 0 aliphatic rings. The minimum Gasteiger partial charge on any atom is -0.480 e. The number of carbonyl (C=O) groups is 2. The molecule has 0 bridgehead atoms. The summed E-state index contributed by atoms with van der Waals surface area (Å²) in [4.78, 5) is 22.0. The molecule has 9 heteroatoms. The molecular formula is C8H10N2O5S2. The SMILES string of the molecule is CC(NC(=O)c1csc(S(N)(=O)=O)c1)C(=O)O. The number of thiophene rings is 1. The lowest BCUT2D eigenvalue weighted by molar-refractivity contribution is -0.138. The minimum atomic E-state index is -3.84. The highest BCUT2D eigenvalue weighted by molar-refractivity contribution is 7.91. The predicted molar refractivity (Wildman–Crippen MR) is 60.3 cm³/mol. The molecule has 0 saturated carbocycles. The first-order valence-electron chi connectivity index (χ1n) is 4.37. The second kappa shape index (κ2) is 4.82. The Balaban J connectivity index is 2.85. The molecule has 1 aromatic heterocycles. The average molecular weight is 278 g/mol. The number of carboxylic acid groups (broad SMARTS) is 1. The number of carbonyl (C=O) groups excluding carboxylic acids is 1. The molecule has 7 nitrogen and oxygen atoms in total. The Kier molecular flexibility index (Phi) is 3.86. The van der Waals surface area contributed by atoms with Crippen LogP contribution in [0.2, 0.25) is 0 Å². The summed E-state index contributed by atoms with van der Waals surface area (Å²) in [7, 11) is -3.84. The van der Waals surface area contributed by atoms with Crippen molar-refractivity contribution in [2.75, 3.05) is 0 Å². The van der Waals surface area contributed by atoms with E-state index in [0.29, 0.717) is 0 Å². The summed E-state index contributed by atoms with van der Waals surface area (Å²) < 4.78 is 21.8. The van der Waals surface area contributed by atoms with Crippen LogP contribution in [0.4, 0.5) is 0 Å². The summed E-state index contributed by atoms with van der Waals surface area (Å²) in [6.07, 6.45) is 0. The predicted octanol–water partition coefficient (Wildman–Crippen LogP) is -0.402. The van der Waals surface area contributed by atoms with Crippen LogP contribution in [0.25, 0.3) is 0 Å². The number of rotatable bonds is 4. The van der Waals surface area contributed by atoms with Crippen molar-refractivity contribution in [2.45, 2.75) is 17.2 Å². The van der Waals surface area contributed by atoms with Crippen LogP contribution in [-0.2, 0) is 14.8 Å². The monoisotopic (exact) mass is 278 g/mol. The first-order chi connectivity index (χ1) is 7.71. The van der Waals surface area contributed by atoms with E-state index in [1.807, 2.05) is 0 Å². The number of hydrogen-bond donors (Lipinski definition) is 3. The summed E-state index contributed by atoms with van der Waals surface area (Å²) in [6, 6.07) is 0.0458. The van der Waals surface area contributed by atoms with Gasteiger partial charge in [-0.2, -0.15) is 0 Å². The largest absolute Gasteiger partial charge is 0.480 e. The number of nitrogens with one attached hydrogen (secondary N) is 1. The lowest BCUT2D eigenvalue weighted by Gasteiger charge is -2.07. The van der Waals surface area contributed by atoms with Crippen molar-refractivity contribution < 1.29 is 23.1 Å². The molecule has 1 heterocycles. The average Bonchev–Trinajstić information content (AvgIpc) is 2.65. The summed E-state index contributed by atoms with van der Waals surface area (Å²) in [6.45, 7) is 1.30. The van der Waals surface area contributed by atoms with Gasteiger partial charge in [0.25, 0.3) is 5.91 Å². The Bertz CT molecular complexity index is 548. The normalized spacial score (nSPS) is 13.1. The standard InChI is InChI=1S/C8H10N2O5S2/c1-4(8(12)13)10-7(11)5-2-6(16-3-5)17(9,14)15/h2-4H,1H3,(H,10,11)(H,12,13)(H2,9,14,15). The minimum absolute atomic E-state index is 0.0622. The first-order valence-corrected chi connectivity index (χ1v) is 6.79. The lowest BCUT2D eigenvalue weighted by Crippen LogP contribution is -2.38. The second-order valence-electron chi connectivity index (χ2n) is 3.23. The van der Waals surface area contributed by atoms with Crippen molar-refractivity contribution in [1.29, 1.82) is 0 Å². The van der Waals surface area contributed by atoms with Gasteiger partial charge in [-0.05, 0) is 13.0 Å². The van der Waals surface area contributed by atoms with Gasteiger partial charge in [0.05, 0.1) is 5.56 Å². The van der Waals surface area contributed by atoms with Gasteiger partial charge in [-0.3, -0.25) is 9.59 Å². The lowest BCUT2D eigenvalue weighted by atomic mass is 10.3. The molecule has 94 valence electrons. The van der Waals surface area contributed by atoms with Crippen molar-refractivity contribution in [3.8, 4) is 0 Å². The third-order valence-corrected chi connectivity index (χ3v) is 4.22. The van der Waals surface area contributed by atoms with Gasteiger partial charge in [-0.15, -0.1) is 11.3 Å². The number of carboxylic acids is 1. The Morgan fingerprint density at radius 3 is 2.53 bits per heavy atom. The highest BCUT2D eigenvalue weighted by atomic mass is 32.2. The summed E-state index contributed by atoms with van der Waals surface area (Å²) in [5.74, 6) is -1.84. The van der Waals surface area contributed by atoms with Crippen molar-refractivity contribution in [3.05, 3.63) is 17.0 Å². The van der Waals surface area contributed by atoms with Gasteiger partial charge in [0, 0.05) is 5.38 Å². The highest BCUT2D eigenvalue weighted by Gasteiger charge is 2.18. The fraction of sp³-hybridized carbons (Fsp3) is 0.250. The van der Waals surface area contributed by atoms with Crippen molar-refractivity contribution >= 4 is 33.2 Å². The number of amides is 1. The van der Waals surface area contributed by atoms with Crippen LogP contribution >= 0.6 is 11.3 Å². The maximum absolute atomic E-state index is 11.5. The van der Waals surface area contributed by atoms with Crippen LogP contribution in [0.5, 0.6) is 0 Å². The molecule has 17 heavy (non-hydrogen) atoms. The number of nitrogens with two attached hydrogens (primary N) is 1. The van der Waals surface area contributed by atoms with Crippen LogP contribution < -0.4 is 10.5 Å². The molecule has 1 aromatic rings. The smallest absolute Gasteiger partial charge is 0.325 e. The van der Waals surface area contributed by atoms with Gasteiger partial charge < -0.3 is 10.4 Å². The molecule has 1 atom stereocenters. The molecule has 0 spiro atoms. The molecule has 0 fully saturated rings. The van der Waals surface area contributed by atoms with Gasteiger partial charge in [-0.1, -0.05) is 0 Å². The van der Waals surface area contributed by atoms with Crippen LogP contribution in [0, 0.1) is 0 Å². The Labute approximate surface area is 101 Å². The van der Waals surface area contributed by atoms with Gasteiger partial charge in [0.1, 0.15) is 10.3 Å². The molecule has 1 rings (SSSR count). The second-order valence-corrected chi connectivity index (χ2v) is 5.93. The van der Waals surface area contributed by atoms with Crippen molar-refractivity contribution in [1.82, 2.24) is 5.32 Å². The molecule has 1 unspecified atom stereocenters. The molecule has 4 N–H and O–H groups in total.